The van der Waals surface area contributed by atoms with E-state index in [1.54, 1.807) is 24.5 Å². The van der Waals surface area contributed by atoms with Gasteiger partial charge >= 0.3 is 0 Å². The number of rotatable bonds is 5. The van der Waals surface area contributed by atoms with Gasteiger partial charge in [-0.05, 0) is 48.0 Å². The van der Waals surface area contributed by atoms with Crippen LogP contribution in [0.4, 0.5) is 5.69 Å². The van der Waals surface area contributed by atoms with Gasteiger partial charge < -0.3 is 9.84 Å². The van der Waals surface area contributed by atoms with Crippen LogP contribution in [0.2, 0.25) is 0 Å². The zero-order valence-electron chi connectivity index (χ0n) is 14.7. The largest absolute Gasteiger partial charge is 0.339 e. The number of para-hydroxylation sites is 1. The fourth-order valence-electron chi connectivity index (χ4n) is 2.69. The molecule has 0 saturated carbocycles. The van der Waals surface area contributed by atoms with E-state index in [9.17, 15) is 4.79 Å². The maximum Gasteiger partial charge on any atom is 0.255 e. The summed E-state index contributed by atoms with van der Waals surface area (Å²) in [7, 11) is 0. The number of hydrogen-bond acceptors (Lipinski definition) is 5. The molecular weight excluding hydrogens is 420 g/mol. The van der Waals surface area contributed by atoms with Crippen molar-refractivity contribution in [3.63, 3.8) is 0 Å². The van der Waals surface area contributed by atoms with Crippen LogP contribution in [0.15, 0.2) is 82.1 Å². The zero-order valence-corrected chi connectivity index (χ0v) is 16.3. The van der Waals surface area contributed by atoms with Gasteiger partial charge in [-0.15, -0.1) is 0 Å². The van der Waals surface area contributed by atoms with Crippen molar-refractivity contribution in [2.45, 2.75) is 6.42 Å². The van der Waals surface area contributed by atoms with Gasteiger partial charge in [0, 0.05) is 33.7 Å². The minimum absolute atomic E-state index is 0.179. The summed E-state index contributed by atoms with van der Waals surface area (Å²) in [5.41, 5.74) is 2.95. The number of pyridine rings is 1. The summed E-state index contributed by atoms with van der Waals surface area (Å²) in [6.07, 6.45) is 3.78. The molecule has 0 bridgehead atoms. The number of aromatic nitrogens is 3. The summed E-state index contributed by atoms with van der Waals surface area (Å²) in [6, 6.07) is 18.4. The Morgan fingerprint density at radius 2 is 1.86 bits per heavy atom. The second-order valence-electron chi connectivity index (χ2n) is 6.05. The van der Waals surface area contributed by atoms with Crippen molar-refractivity contribution in [2.75, 3.05) is 5.32 Å². The number of carbonyl (C=O) groups excluding carboxylic acids is 1. The van der Waals surface area contributed by atoms with Gasteiger partial charge in [0.25, 0.3) is 5.91 Å². The van der Waals surface area contributed by atoms with E-state index in [1.807, 2.05) is 48.5 Å². The van der Waals surface area contributed by atoms with Gasteiger partial charge in [0.05, 0.1) is 6.42 Å². The molecule has 0 aliphatic carbocycles. The molecule has 4 aromatic rings. The van der Waals surface area contributed by atoms with Crippen molar-refractivity contribution in [3.05, 3.63) is 94.5 Å². The Balaban J connectivity index is 1.53. The van der Waals surface area contributed by atoms with E-state index in [0.717, 1.165) is 15.6 Å². The number of nitrogens with one attached hydrogen (secondary N) is 1. The van der Waals surface area contributed by atoms with Crippen molar-refractivity contribution >= 4 is 27.5 Å². The molecule has 2 aromatic carbocycles. The monoisotopic (exact) mass is 434 g/mol. The molecule has 0 fully saturated rings. The highest BCUT2D eigenvalue weighted by atomic mass is 79.9. The second kappa shape index (κ2) is 8.14. The lowest BCUT2D eigenvalue weighted by Gasteiger charge is -2.10. The fraction of sp³-hybridized carbons (Fsp3) is 0.0476. The fourth-order valence-corrected chi connectivity index (χ4v) is 2.96. The second-order valence-corrected chi connectivity index (χ2v) is 6.96. The van der Waals surface area contributed by atoms with Crippen LogP contribution in [0.5, 0.6) is 0 Å². The highest BCUT2D eigenvalue weighted by Gasteiger charge is 2.13. The first-order valence-electron chi connectivity index (χ1n) is 8.57. The molecule has 2 aromatic heterocycles. The van der Waals surface area contributed by atoms with E-state index in [0.29, 0.717) is 29.4 Å². The first kappa shape index (κ1) is 18.1. The van der Waals surface area contributed by atoms with Gasteiger partial charge in [-0.3, -0.25) is 9.78 Å². The lowest BCUT2D eigenvalue weighted by Crippen LogP contribution is -2.13. The Morgan fingerprint density at radius 3 is 2.64 bits per heavy atom. The van der Waals surface area contributed by atoms with Gasteiger partial charge in [0.1, 0.15) is 0 Å². The molecule has 6 nitrogen and oxygen atoms in total. The molecule has 0 spiro atoms. The number of amides is 1. The molecule has 0 radical (unpaired) electrons. The van der Waals surface area contributed by atoms with Crippen LogP contribution >= 0.6 is 15.9 Å². The minimum atomic E-state index is -0.179. The van der Waals surface area contributed by atoms with Gasteiger partial charge in [0.2, 0.25) is 11.7 Å². The Bertz CT molecular complexity index is 1090. The van der Waals surface area contributed by atoms with Crippen LogP contribution in [-0.2, 0) is 6.42 Å². The standard InChI is InChI=1S/C21H15BrN4O2/c22-17-9-7-14(8-10-17)21(27)24-18-6-2-1-4-15(18)12-19-25-20(26-28-19)16-5-3-11-23-13-16/h1-11,13H,12H2,(H,24,27). The average molecular weight is 435 g/mol. The molecule has 0 aliphatic rings. The molecule has 138 valence electrons. The molecule has 2 heterocycles. The minimum Gasteiger partial charge on any atom is -0.339 e. The van der Waals surface area contributed by atoms with E-state index in [4.69, 9.17) is 4.52 Å². The molecule has 7 heteroatoms. The Hall–Kier alpha value is -3.32. The van der Waals surface area contributed by atoms with Gasteiger partial charge in [-0.25, -0.2) is 0 Å². The molecule has 0 saturated heterocycles. The number of hydrogen-bond donors (Lipinski definition) is 1. The van der Waals surface area contributed by atoms with E-state index in [1.165, 1.54) is 0 Å². The topological polar surface area (TPSA) is 80.9 Å². The van der Waals surface area contributed by atoms with E-state index >= 15 is 0 Å². The Labute approximate surface area is 169 Å². The number of halogens is 1. The third-order valence-electron chi connectivity index (χ3n) is 4.10. The highest BCUT2D eigenvalue weighted by molar-refractivity contribution is 9.10. The van der Waals surface area contributed by atoms with Crippen LogP contribution in [0, 0.1) is 0 Å². The molecule has 0 aliphatic heterocycles. The molecule has 4 rings (SSSR count). The Kier molecular flexibility index (Phi) is 5.25. The van der Waals surface area contributed by atoms with Crippen molar-refractivity contribution in [2.24, 2.45) is 0 Å². The maximum absolute atomic E-state index is 12.5. The van der Waals surface area contributed by atoms with E-state index in [2.05, 4.69) is 36.4 Å². The summed E-state index contributed by atoms with van der Waals surface area (Å²) >= 11 is 3.37. The summed E-state index contributed by atoms with van der Waals surface area (Å²) in [4.78, 5) is 21.0. The van der Waals surface area contributed by atoms with Crippen molar-refractivity contribution in [1.29, 1.82) is 0 Å². The summed E-state index contributed by atoms with van der Waals surface area (Å²) in [6.45, 7) is 0. The summed E-state index contributed by atoms with van der Waals surface area (Å²) in [5, 5.41) is 6.96. The normalized spacial score (nSPS) is 10.6. The SMILES string of the molecule is O=C(Nc1ccccc1Cc1nc(-c2cccnc2)no1)c1ccc(Br)cc1. The molecule has 1 N–H and O–H groups in total. The zero-order chi connectivity index (χ0) is 19.3. The number of nitrogens with zero attached hydrogens (tertiary/aromatic N) is 3. The highest BCUT2D eigenvalue weighted by Crippen LogP contribution is 2.21. The number of anilines is 1. The third-order valence-corrected chi connectivity index (χ3v) is 4.63. The number of benzene rings is 2. The molecule has 1 amide bonds. The summed E-state index contributed by atoms with van der Waals surface area (Å²) < 4.78 is 6.30. The predicted molar refractivity (Wildman–Crippen MR) is 109 cm³/mol. The van der Waals surface area contributed by atoms with Crippen LogP contribution in [0.25, 0.3) is 11.4 Å². The molecule has 0 atom stereocenters. The van der Waals surface area contributed by atoms with Gasteiger partial charge in [-0.2, -0.15) is 4.98 Å². The smallest absolute Gasteiger partial charge is 0.255 e. The van der Waals surface area contributed by atoms with Crippen LogP contribution < -0.4 is 5.32 Å². The first-order chi connectivity index (χ1) is 13.7. The lowest BCUT2D eigenvalue weighted by atomic mass is 10.1. The average Bonchev–Trinajstić information content (AvgIpc) is 3.19. The Morgan fingerprint density at radius 1 is 1.04 bits per heavy atom. The molecule has 0 unspecified atom stereocenters. The van der Waals surface area contributed by atoms with Crippen LogP contribution in [-0.4, -0.2) is 21.0 Å². The van der Waals surface area contributed by atoms with E-state index in [-0.39, 0.29) is 5.91 Å². The lowest BCUT2D eigenvalue weighted by molar-refractivity contribution is 0.102. The van der Waals surface area contributed by atoms with Gasteiger partial charge in [0.15, 0.2) is 0 Å². The van der Waals surface area contributed by atoms with Crippen molar-refractivity contribution in [3.8, 4) is 11.4 Å². The predicted octanol–water partition coefficient (Wildman–Crippen LogP) is 4.74. The first-order valence-corrected chi connectivity index (χ1v) is 9.36. The summed E-state index contributed by atoms with van der Waals surface area (Å²) in [5.74, 6) is 0.769. The molecular formula is C21H15BrN4O2. The third kappa shape index (κ3) is 4.15. The van der Waals surface area contributed by atoms with Crippen molar-refractivity contribution < 1.29 is 9.32 Å². The quantitative estimate of drug-likeness (QED) is 0.490. The van der Waals surface area contributed by atoms with Crippen molar-refractivity contribution in [1.82, 2.24) is 15.1 Å². The van der Waals surface area contributed by atoms with Crippen LogP contribution in [0.3, 0.4) is 0 Å². The molecule has 28 heavy (non-hydrogen) atoms. The van der Waals surface area contributed by atoms with Crippen LogP contribution in [0.1, 0.15) is 21.8 Å². The number of carbonyl (C=O) groups is 1. The van der Waals surface area contributed by atoms with Gasteiger partial charge in [-0.1, -0.05) is 39.3 Å². The van der Waals surface area contributed by atoms with E-state index < -0.39 is 0 Å². The maximum atomic E-state index is 12.5.